The molecule has 1 spiro atoms. The summed E-state index contributed by atoms with van der Waals surface area (Å²) in [5.41, 5.74) is 0.905. The van der Waals surface area contributed by atoms with E-state index in [4.69, 9.17) is 5.11 Å². The molecule has 0 radical (unpaired) electrons. The van der Waals surface area contributed by atoms with Crippen molar-refractivity contribution in [1.82, 2.24) is 9.80 Å². The molecule has 1 aliphatic carbocycles. The molecule has 1 aromatic rings. The van der Waals surface area contributed by atoms with Crippen LogP contribution < -0.4 is 0 Å². The fourth-order valence-corrected chi connectivity index (χ4v) is 3.63. The van der Waals surface area contributed by atoms with Crippen LogP contribution in [0.25, 0.3) is 0 Å². The lowest BCUT2D eigenvalue weighted by atomic mass is 9.90. The van der Waals surface area contributed by atoms with E-state index >= 15 is 0 Å². The van der Waals surface area contributed by atoms with Gasteiger partial charge in [0.05, 0.1) is 5.92 Å². The maximum atomic E-state index is 12.7. The highest BCUT2D eigenvalue weighted by atomic mass is 16.4. The summed E-state index contributed by atoms with van der Waals surface area (Å²) in [5.74, 6) is -1.18. The number of aliphatic carboxylic acids is 1. The van der Waals surface area contributed by atoms with Gasteiger partial charge in [0.1, 0.15) is 0 Å². The van der Waals surface area contributed by atoms with Crippen molar-refractivity contribution in [2.24, 2.45) is 11.3 Å². The molecule has 3 rings (SSSR count). The van der Waals surface area contributed by atoms with Crippen molar-refractivity contribution in [1.29, 1.82) is 0 Å². The molecule has 0 aromatic heterocycles. The van der Waals surface area contributed by atoms with Gasteiger partial charge in [0, 0.05) is 38.3 Å². The molecule has 24 heavy (non-hydrogen) atoms. The third-order valence-electron chi connectivity index (χ3n) is 5.30. The van der Waals surface area contributed by atoms with Crippen molar-refractivity contribution < 1.29 is 19.5 Å². The van der Waals surface area contributed by atoms with E-state index in [1.54, 1.807) is 43.3 Å². The highest BCUT2D eigenvalue weighted by Gasteiger charge is 2.59. The number of carbonyl (C=O) groups is 3. The molecule has 6 heteroatoms. The van der Waals surface area contributed by atoms with Crippen molar-refractivity contribution in [2.45, 2.75) is 19.3 Å². The van der Waals surface area contributed by atoms with Crippen LogP contribution in [0.5, 0.6) is 0 Å². The molecule has 1 aliphatic heterocycles. The Morgan fingerprint density at radius 1 is 1.17 bits per heavy atom. The smallest absolute Gasteiger partial charge is 0.307 e. The van der Waals surface area contributed by atoms with E-state index in [1.165, 1.54) is 4.90 Å². The Morgan fingerprint density at radius 2 is 1.79 bits per heavy atom. The van der Waals surface area contributed by atoms with Crippen LogP contribution in [0.3, 0.4) is 0 Å². The second kappa shape index (κ2) is 5.92. The zero-order chi connectivity index (χ0) is 17.5. The highest BCUT2D eigenvalue weighted by Crippen LogP contribution is 2.59. The van der Waals surface area contributed by atoms with Gasteiger partial charge in [-0.1, -0.05) is 6.07 Å². The minimum atomic E-state index is -0.718. The van der Waals surface area contributed by atoms with Crippen LogP contribution in [0.4, 0.5) is 0 Å². The van der Waals surface area contributed by atoms with E-state index in [0.717, 1.165) is 19.3 Å². The summed E-state index contributed by atoms with van der Waals surface area (Å²) in [6.07, 6.45) is 2.22. The number of likely N-dealkylation sites (tertiary alicyclic amines) is 1. The first-order valence-corrected chi connectivity index (χ1v) is 8.18. The second-order valence-electron chi connectivity index (χ2n) is 7.03. The van der Waals surface area contributed by atoms with Crippen LogP contribution in [-0.2, 0) is 4.79 Å². The van der Waals surface area contributed by atoms with E-state index in [2.05, 4.69) is 0 Å². The van der Waals surface area contributed by atoms with Gasteiger partial charge in [0.15, 0.2) is 0 Å². The summed E-state index contributed by atoms with van der Waals surface area (Å²) < 4.78 is 0. The number of nitrogens with zero attached hydrogens (tertiary/aromatic N) is 2. The van der Waals surface area contributed by atoms with Crippen LogP contribution in [0.2, 0.25) is 0 Å². The first-order valence-electron chi connectivity index (χ1n) is 8.18. The second-order valence-corrected chi connectivity index (χ2v) is 7.03. The van der Waals surface area contributed by atoms with Gasteiger partial charge in [-0.3, -0.25) is 14.4 Å². The molecule has 1 N–H and O–H groups in total. The Bertz CT molecular complexity index is 690. The van der Waals surface area contributed by atoms with Gasteiger partial charge in [0.2, 0.25) is 0 Å². The molecule has 2 amide bonds. The number of piperidine rings is 1. The molecule has 1 unspecified atom stereocenters. The first-order chi connectivity index (χ1) is 11.3. The lowest BCUT2D eigenvalue weighted by Crippen LogP contribution is -2.40. The van der Waals surface area contributed by atoms with Gasteiger partial charge in [-0.15, -0.1) is 0 Å². The molecule has 1 aromatic carbocycles. The van der Waals surface area contributed by atoms with Gasteiger partial charge in [-0.05, 0) is 42.9 Å². The number of amides is 2. The predicted octanol–water partition coefficient (Wildman–Crippen LogP) is 1.72. The normalized spacial score (nSPS) is 21.4. The highest BCUT2D eigenvalue weighted by molar-refractivity contribution is 5.99. The van der Waals surface area contributed by atoms with E-state index in [0.29, 0.717) is 24.2 Å². The number of carboxylic acid groups (broad SMARTS) is 1. The van der Waals surface area contributed by atoms with Gasteiger partial charge in [-0.25, -0.2) is 0 Å². The van der Waals surface area contributed by atoms with Gasteiger partial charge < -0.3 is 14.9 Å². The van der Waals surface area contributed by atoms with Crippen molar-refractivity contribution in [3.8, 4) is 0 Å². The summed E-state index contributed by atoms with van der Waals surface area (Å²) in [7, 11) is 3.35. The van der Waals surface area contributed by atoms with Crippen LogP contribution in [0.15, 0.2) is 24.3 Å². The quantitative estimate of drug-likeness (QED) is 0.915. The fourth-order valence-electron chi connectivity index (χ4n) is 3.63. The lowest BCUT2D eigenvalue weighted by Gasteiger charge is -2.32. The number of carboxylic acids is 1. The Kier molecular flexibility index (Phi) is 4.07. The number of carbonyl (C=O) groups excluding carboxylic acids is 2. The molecule has 128 valence electrons. The van der Waals surface area contributed by atoms with E-state index in [1.807, 2.05) is 0 Å². The largest absolute Gasteiger partial charge is 0.481 e. The molecule has 1 saturated heterocycles. The molecular weight excluding hydrogens is 308 g/mol. The van der Waals surface area contributed by atoms with Crippen molar-refractivity contribution >= 4 is 17.8 Å². The zero-order valence-electron chi connectivity index (χ0n) is 14.0. The van der Waals surface area contributed by atoms with E-state index in [9.17, 15) is 14.4 Å². The van der Waals surface area contributed by atoms with Crippen molar-refractivity contribution in [2.75, 3.05) is 27.2 Å². The Morgan fingerprint density at radius 3 is 2.33 bits per heavy atom. The maximum absolute atomic E-state index is 12.7. The molecule has 6 nitrogen and oxygen atoms in total. The monoisotopic (exact) mass is 330 g/mol. The summed E-state index contributed by atoms with van der Waals surface area (Å²) >= 11 is 0. The molecule has 1 heterocycles. The standard InChI is InChI=1S/C18H22N2O4/c1-19(2)15(21)12-4-3-5-13(10-12)16(22)20-8-6-18(7-9-20)11-14(18)17(23)24/h3-5,10,14H,6-9,11H2,1-2H3,(H,23,24). The summed E-state index contributed by atoms with van der Waals surface area (Å²) in [5, 5.41) is 9.13. The molecular formula is C18H22N2O4. The third kappa shape index (κ3) is 2.88. The van der Waals surface area contributed by atoms with Gasteiger partial charge >= 0.3 is 5.97 Å². The van der Waals surface area contributed by atoms with Crippen LogP contribution >= 0.6 is 0 Å². The number of benzene rings is 1. The molecule has 2 aliphatic rings. The van der Waals surface area contributed by atoms with Crippen molar-refractivity contribution in [3.05, 3.63) is 35.4 Å². The number of hydrogen-bond donors (Lipinski definition) is 1. The number of rotatable bonds is 3. The van der Waals surface area contributed by atoms with Crippen LogP contribution in [-0.4, -0.2) is 59.9 Å². The predicted molar refractivity (Wildman–Crippen MR) is 87.8 cm³/mol. The fraction of sp³-hybridized carbons (Fsp3) is 0.500. The average molecular weight is 330 g/mol. The molecule has 0 bridgehead atoms. The lowest BCUT2D eigenvalue weighted by molar-refractivity contribution is -0.139. The minimum absolute atomic E-state index is 0.0919. The zero-order valence-corrected chi connectivity index (χ0v) is 14.0. The van der Waals surface area contributed by atoms with Crippen LogP contribution in [0.1, 0.15) is 40.0 Å². The van der Waals surface area contributed by atoms with Gasteiger partial charge in [-0.2, -0.15) is 0 Å². The maximum Gasteiger partial charge on any atom is 0.307 e. The Balaban J connectivity index is 1.67. The minimum Gasteiger partial charge on any atom is -0.481 e. The average Bonchev–Trinajstić information content (AvgIpc) is 3.28. The van der Waals surface area contributed by atoms with Gasteiger partial charge in [0.25, 0.3) is 11.8 Å². The molecule has 1 saturated carbocycles. The SMILES string of the molecule is CN(C)C(=O)c1cccc(C(=O)N2CCC3(CC2)CC3C(=O)O)c1. The topological polar surface area (TPSA) is 77.9 Å². The first kappa shape index (κ1) is 16.5. The Hall–Kier alpha value is -2.37. The number of hydrogen-bond acceptors (Lipinski definition) is 3. The summed E-state index contributed by atoms with van der Waals surface area (Å²) in [6, 6.07) is 6.77. The van der Waals surface area contributed by atoms with E-state index < -0.39 is 5.97 Å². The molecule has 2 fully saturated rings. The van der Waals surface area contributed by atoms with Crippen molar-refractivity contribution in [3.63, 3.8) is 0 Å². The third-order valence-corrected chi connectivity index (χ3v) is 5.30. The Labute approximate surface area is 141 Å². The molecule has 1 atom stereocenters. The van der Waals surface area contributed by atoms with Crippen LogP contribution in [0, 0.1) is 11.3 Å². The van der Waals surface area contributed by atoms with E-state index in [-0.39, 0.29) is 23.1 Å². The summed E-state index contributed by atoms with van der Waals surface area (Å²) in [6.45, 7) is 1.16. The summed E-state index contributed by atoms with van der Waals surface area (Å²) in [4.78, 5) is 39.1.